The van der Waals surface area contributed by atoms with Crippen molar-refractivity contribution in [3.63, 3.8) is 0 Å². The molecular weight excluding hydrogens is 433 g/mol. The highest BCUT2D eigenvalue weighted by atomic mass is 19.1. The van der Waals surface area contributed by atoms with Gasteiger partial charge in [0.15, 0.2) is 0 Å². The number of nitrogens with two attached hydrogens (primary N) is 1. The van der Waals surface area contributed by atoms with Crippen LogP contribution in [0.3, 0.4) is 0 Å². The van der Waals surface area contributed by atoms with Crippen LogP contribution in [0.15, 0.2) is 30.6 Å². The van der Waals surface area contributed by atoms with Gasteiger partial charge in [-0.15, -0.1) is 0 Å². The van der Waals surface area contributed by atoms with E-state index in [1.807, 2.05) is 0 Å². The van der Waals surface area contributed by atoms with Crippen molar-refractivity contribution in [3.8, 4) is 17.1 Å². The number of likely N-dealkylation sites (tertiary alicyclic amines) is 1. The Kier molecular flexibility index (Phi) is 8.11. The van der Waals surface area contributed by atoms with Crippen molar-refractivity contribution in [3.05, 3.63) is 42.0 Å². The van der Waals surface area contributed by atoms with E-state index in [1.165, 1.54) is 25.6 Å². The van der Waals surface area contributed by atoms with Crippen LogP contribution in [-0.2, 0) is 20.9 Å². The minimum Gasteiger partial charge on any atom is -0.463 e. The van der Waals surface area contributed by atoms with Gasteiger partial charge in [-0.3, -0.25) is 10.2 Å². The lowest BCUT2D eigenvalue weighted by Gasteiger charge is -2.30. The molecular formula is C22H26FN5O5. The van der Waals surface area contributed by atoms with Gasteiger partial charge in [-0.25, -0.2) is 19.2 Å². The van der Waals surface area contributed by atoms with Crippen molar-refractivity contribution in [2.75, 3.05) is 26.8 Å². The minimum absolute atomic E-state index is 0.183. The third kappa shape index (κ3) is 6.61. The summed E-state index contributed by atoms with van der Waals surface area (Å²) >= 11 is 0. The van der Waals surface area contributed by atoms with Gasteiger partial charge in [-0.05, 0) is 18.8 Å². The summed E-state index contributed by atoms with van der Waals surface area (Å²) in [4.78, 5) is 33.1. The second kappa shape index (κ2) is 11.2. The Labute approximate surface area is 190 Å². The molecule has 0 saturated carbocycles. The molecule has 33 heavy (non-hydrogen) atoms. The first kappa shape index (κ1) is 23.9. The predicted octanol–water partition coefficient (Wildman–Crippen LogP) is 2.51. The average Bonchev–Trinajstić information content (AvgIpc) is 2.82. The maximum absolute atomic E-state index is 14.9. The summed E-state index contributed by atoms with van der Waals surface area (Å²) < 4.78 is 30.3. The van der Waals surface area contributed by atoms with Crippen molar-refractivity contribution in [1.82, 2.24) is 14.9 Å². The molecule has 0 atom stereocenters. The van der Waals surface area contributed by atoms with Crippen LogP contribution in [0.5, 0.6) is 6.01 Å². The van der Waals surface area contributed by atoms with Gasteiger partial charge < -0.3 is 24.8 Å². The molecule has 1 aliphatic heterocycles. The first-order chi connectivity index (χ1) is 15.9. The molecule has 3 N–H and O–H groups in total. The van der Waals surface area contributed by atoms with Gasteiger partial charge in [0.2, 0.25) is 0 Å². The fourth-order valence-corrected chi connectivity index (χ4v) is 3.41. The molecule has 1 aromatic carbocycles. The number of rotatable bonds is 8. The summed E-state index contributed by atoms with van der Waals surface area (Å²) in [6.07, 6.45) is 3.85. The van der Waals surface area contributed by atoms with Crippen molar-refractivity contribution in [2.45, 2.75) is 25.9 Å². The SMILES string of the molecule is COC(=O)N1CCC(COc2ncc(-c3cccc(COC(=O)CC(=N)N)c3F)cn2)CC1. The second-order valence-electron chi connectivity index (χ2n) is 7.61. The normalized spacial score (nSPS) is 13.9. The molecule has 176 valence electrons. The van der Waals surface area contributed by atoms with E-state index in [9.17, 15) is 14.0 Å². The lowest BCUT2D eigenvalue weighted by Crippen LogP contribution is -2.39. The van der Waals surface area contributed by atoms with Crippen LogP contribution in [-0.4, -0.2) is 59.6 Å². The number of piperidine rings is 1. The Hall–Kier alpha value is -3.76. The topological polar surface area (TPSA) is 141 Å². The zero-order valence-electron chi connectivity index (χ0n) is 18.3. The van der Waals surface area contributed by atoms with E-state index >= 15 is 0 Å². The molecule has 1 fully saturated rings. The summed E-state index contributed by atoms with van der Waals surface area (Å²) in [7, 11) is 1.37. The third-order valence-corrected chi connectivity index (χ3v) is 5.24. The van der Waals surface area contributed by atoms with E-state index in [-0.39, 0.29) is 48.0 Å². The van der Waals surface area contributed by atoms with E-state index in [4.69, 9.17) is 25.4 Å². The Balaban J connectivity index is 1.55. The second-order valence-corrected chi connectivity index (χ2v) is 7.61. The predicted molar refractivity (Wildman–Crippen MR) is 116 cm³/mol. The van der Waals surface area contributed by atoms with E-state index < -0.39 is 11.8 Å². The molecule has 0 unspecified atom stereocenters. The van der Waals surface area contributed by atoms with Crippen LogP contribution in [0.1, 0.15) is 24.8 Å². The van der Waals surface area contributed by atoms with Gasteiger partial charge in [0.1, 0.15) is 24.7 Å². The number of amides is 1. The summed E-state index contributed by atoms with van der Waals surface area (Å²) in [5.41, 5.74) is 6.05. The van der Waals surface area contributed by atoms with Crippen LogP contribution >= 0.6 is 0 Å². The number of ether oxygens (including phenoxy) is 3. The van der Waals surface area contributed by atoms with E-state index in [0.717, 1.165) is 12.8 Å². The number of amidine groups is 1. The van der Waals surface area contributed by atoms with Crippen LogP contribution < -0.4 is 10.5 Å². The number of carbonyl (C=O) groups excluding carboxylic acids is 2. The van der Waals surface area contributed by atoms with Crippen LogP contribution in [0.2, 0.25) is 0 Å². The zero-order valence-corrected chi connectivity index (χ0v) is 18.3. The number of hydrogen-bond donors (Lipinski definition) is 2. The molecule has 11 heteroatoms. The molecule has 1 saturated heterocycles. The number of methoxy groups -OCH3 is 1. The quantitative estimate of drug-likeness (QED) is 0.349. The van der Waals surface area contributed by atoms with Crippen molar-refractivity contribution in [2.24, 2.45) is 11.7 Å². The Morgan fingerprint density at radius 2 is 1.94 bits per heavy atom. The van der Waals surface area contributed by atoms with Crippen molar-refractivity contribution in [1.29, 1.82) is 5.41 Å². The fourth-order valence-electron chi connectivity index (χ4n) is 3.41. The molecule has 2 aromatic rings. The number of nitrogens with zero attached hydrogens (tertiary/aromatic N) is 3. The smallest absolute Gasteiger partial charge is 0.409 e. The van der Waals surface area contributed by atoms with Gasteiger partial charge in [-0.2, -0.15) is 0 Å². The summed E-state index contributed by atoms with van der Waals surface area (Å²) in [6, 6.07) is 4.90. The van der Waals surface area contributed by atoms with Crippen molar-refractivity contribution >= 4 is 17.9 Å². The molecule has 0 bridgehead atoms. The first-order valence-electron chi connectivity index (χ1n) is 10.4. The lowest BCUT2D eigenvalue weighted by molar-refractivity contribution is -0.143. The van der Waals surface area contributed by atoms with Crippen LogP contribution in [0.25, 0.3) is 11.1 Å². The van der Waals surface area contributed by atoms with Gasteiger partial charge in [0.25, 0.3) is 0 Å². The van der Waals surface area contributed by atoms with Crippen LogP contribution in [0, 0.1) is 17.1 Å². The maximum atomic E-state index is 14.9. The van der Waals surface area contributed by atoms with E-state index in [0.29, 0.717) is 25.3 Å². The first-order valence-corrected chi connectivity index (χ1v) is 10.4. The van der Waals surface area contributed by atoms with Gasteiger partial charge in [0, 0.05) is 42.2 Å². The fraction of sp³-hybridized carbons (Fsp3) is 0.409. The standard InChI is InChI=1S/C22H26FN5O5/c1-31-22(30)28-7-5-14(6-8-28)12-33-21-26-10-16(11-27-21)17-4-2-3-15(20(17)23)13-32-19(29)9-18(24)25/h2-4,10-11,14H,5-9,12-13H2,1H3,(H3,24,25). The van der Waals surface area contributed by atoms with Gasteiger partial charge >= 0.3 is 18.1 Å². The molecule has 10 nitrogen and oxygen atoms in total. The average molecular weight is 459 g/mol. The highest BCUT2D eigenvalue weighted by Crippen LogP contribution is 2.25. The van der Waals surface area contributed by atoms with Gasteiger partial charge in [-0.1, -0.05) is 18.2 Å². The molecule has 1 aromatic heterocycles. The number of carbonyl (C=O) groups is 2. The molecule has 0 radical (unpaired) electrons. The van der Waals surface area contributed by atoms with Gasteiger partial charge in [0.05, 0.1) is 13.7 Å². The summed E-state index contributed by atoms with van der Waals surface area (Å²) in [5, 5.41) is 7.09. The highest BCUT2D eigenvalue weighted by molar-refractivity contribution is 5.94. The molecule has 3 rings (SSSR count). The van der Waals surface area contributed by atoms with Crippen LogP contribution in [0.4, 0.5) is 9.18 Å². The molecule has 0 spiro atoms. The minimum atomic E-state index is -0.701. The highest BCUT2D eigenvalue weighted by Gasteiger charge is 2.24. The lowest BCUT2D eigenvalue weighted by atomic mass is 9.98. The number of benzene rings is 1. The molecule has 0 aliphatic carbocycles. The molecule has 1 amide bonds. The number of hydrogen-bond acceptors (Lipinski definition) is 8. The summed E-state index contributed by atoms with van der Waals surface area (Å²) in [6.45, 7) is 1.37. The molecule has 1 aliphatic rings. The summed E-state index contributed by atoms with van der Waals surface area (Å²) in [5.74, 6) is -1.30. The van der Waals surface area contributed by atoms with Crippen molar-refractivity contribution < 1.29 is 28.2 Å². The number of halogens is 1. The Bertz CT molecular complexity index is 993. The monoisotopic (exact) mass is 459 g/mol. The zero-order chi connectivity index (χ0) is 23.8. The number of nitrogens with one attached hydrogen (secondary N) is 1. The Morgan fingerprint density at radius 1 is 1.24 bits per heavy atom. The van der Waals surface area contributed by atoms with E-state index in [2.05, 4.69) is 9.97 Å². The third-order valence-electron chi connectivity index (χ3n) is 5.24. The number of aromatic nitrogens is 2. The van der Waals surface area contributed by atoms with E-state index in [1.54, 1.807) is 17.0 Å². The molecule has 2 heterocycles. The maximum Gasteiger partial charge on any atom is 0.409 e. The Morgan fingerprint density at radius 3 is 2.58 bits per heavy atom. The number of esters is 1. The largest absolute Gasteiger partial charge is 0.463 e.